The van der Waals surface area contributed by atoms with Gasteiger partial charge in [-0.25, -0.2) is 0 Å². The fourth-order valence-electron chi connectivity index (χ4n) is 10.4. The van der Waals surface area contributed by atoms with E-state index >= 15 is 0 Å². The topological polar surface area (TPSA) is 8.17 Å². The number of hydrogen-bond donors (Lipinski definition) is 0. The van der Waals surface area contributed by atoms with Crippen molar-refractivity contribution in [3.8, 4) is 50.2 Å². The molecule has 0 saturated heterocycles. The van der Waals surface area contributed by atoms with Gasteiger partial charge in [-0.05, 0) is 150 Å². The molecule has 1 heterocycles. The number of aromatic nitrogens is 1. The van der Waals surface area contributed by atoms with E-state index in [1.165, 1.54) is 93.1 Å². The lowest BCUT2D eigenvalue weighted by Gasteiger charge is -2.27. The summed E-state index contributed by atoms with van der Waals surface area (Å²) in [5.41, 5.74) is 16.2. The normalized spacial score (nSPS) is 11.5. The molecule has 1 aromatic heterocycles. The third-order valence-corrected chi connectivity index (χ3v) is 13.7. The quantitative estimate of drug-likeness (QED) is 0.138. The molecular weight excluding hydrogens is 821 g/mol. The van der Waals surface area contributed by atoms with E-state index in [1.54, 1.807) is 0 Å². The van der Waals surface area contributed by atoms with E-state index in [0.29, 0.717) is 0 Å². The van der Waals surface area contributed by atoms with E-state index in [2.05, 4.69) is 276 Å². The van der Waals surface area contributed by atoms with E-state index in [0.717, 1.165) is 28.3 Å². The van der Waals surface area contributed by atoms with E-state index in [1.807, 2.05) is 0 Å². The molecule has 0 N–H and O–H groups in total. The van der Waals surface area contributed by atoms with Crippen LogP contribution in [0.4, 0.5) is 17.1 Å². The first-order valence-corrected chi connectivity index (χ1v) is 23.4. The van der Waals surface area contributed by atoms with Crippen LogP contribution in [-0.2, 0) is 0 Å². The zero-order valence-corrected chi connectivity index (χ0v) is 37.3. The molecule has 68 heavy (non-hydrogen) atoms. The molecule has 12 aromatic carbocycles. The second-order valence-corrected chi connectivity index (χ2v) is 17.7. The first-order valence-electron chi connectivity index (χ1n) is 23.4. The Morgan fingerprint density at radius 1 is 0.250 bits per heavy atom. The average molecular weight is 865 g/mol. The van der Waals surface area contributed by atoms with Crippen molar-refractivity contribution < 1.29 is 0 Å². The fraction of sp³-hybridized carbons (Fsp3) is 0. The van der Waals surface area contributed by atoms with Crippen molar-refractivity contribution >= 4 is 71.2 Å². The summed E-state index contributed by atoms with van der Waals surface area (Å²) in [4.78, 5) is 2.42. The molecule has 2 nitrogen and oxygen atoms in total. The lowest BCUT2D eigenvalue weighted by atomic mass is 9.93. The van der Waals surface area contributed by atoms with Gasteiger partial charge in [0.15, 0.2) is 0 Å². The largest absolute Gasteiger partial charge is 0.310 e. The maximum atomic E-state index is 2.46. The predicted molar refractivity (Wildman–Crippen MR) is 290 cm³/mol. The highest BCUT2D eigenvalue weighted by Crippen LogP contribution is 2.45. The minimum atomic E-state index is 1.08. The molecule has 0 amide bonds. The van der Waals surface area contributed by atoms with Crippen LogP contribution < -0.4 is 4.90 Å². The standard InChI is InChI=1S/C66H44N2/c1-4-15-45(16-5-1)52-33-37-62-64(43-52)68(56-23-8-3-9-24-56)65-44-55(46-17-6-2-7-18-46)42-63(66(62)65)53-22-14-25-58(40-53)67(59-36-38-61-54(41-59)30-28-49-20-12-13-26-60(49)61)57-34-31-48(32-35-57)51-29-27-47-19-10-11-21-50(47)39-51/h1-44H. The van der Waals surface area contributed by atoms with E-state index < -0.39 is 0 Å². The third-order valence-electron chi connectivity index (χ3n) is 13.7. The summed E-state index contributed by atoms with van der Waals surface area (Å²) < 4.78 is 2.46. The predicted octanol–water partition coefficient (Wildman–Crippen LogP) is 18.4. The lowest BCUT2D eigenvalue weighted by Crippen LogP contribution is -2.10. The summed E-state index contributed by atoms with van der Waals surface area (Å²) in [5.74, 6) is 0. The van der Waals surface area contributed by atoms with Gasteiger partial charge in [-0.1, -0.05) is 194 Å². The van der Waals surface area contributed by atoms with Crippen LogP contribution in [-0.4, -0.2) is 4.57 Å². The van der Waals surface area contributed by atoms with Crippen LogP contribution in [0.5, 0.6) is 0 Å². The van der Waals surface area contributed by atoms with Gasteiger partial charge in [0.1, 0.15) is 0 Å². The van der Waals surface area contributed by atoms with Crippen LogP contribution in [0, 0.1) is 0 Å². The van der Waals surface area contributed by atoms with Gasteiger partial charge >= 0.3 is 0 Å². The van der Waals surface area contributed by atoms with Crippen LogP contribution in [0.15, 0.2) is 267 Å². The van der Waals surface area contributed by atoms with Gasteiger partial charge in [0.25, 0.3) is 0 Å². The zero-order valence-electron chi connectivity index (χ0n) is 37.3. The number of rotatable bonds is 8. The molecule has 0 bridgehead atoms. The fourth-order valence-corrected chi connectivity index (χ4v) is 10.4. The molecule has 0 aliphatic rings. The van der Waals surface area contributed by atoms with Crippen molar-refractivity contribution in [2.24, 2.45) is 0 Å². The lowest BCUT2D eigenvalue weighted by molar-refractivity contribution is 1.18. The van der Waals surface area contributed by atoms with Crippen molar-refractivity contribution in [1.29, 1.82) is 0 Å². The molecule has 0 saturated carbocycles. The molecule has 0 aliphatic heterocycles. The Morgan fingerprint density at radius 2 is 0.779 bits per heavy atom. The Hall–Kier alpha value is -8.98. The number of fused-ring (bicyclic) bond motifs is 7. The van der Waals surface area contributed by atoms with Gasteiger partial charge < -0.3 is 9.47 Å². The van der Waals surface area contributed by atoms with E-state index in [9.17, 15) is 0 Å². The average Bonchev–Trinajstić information content (AvgIpc) is 3.75. The molecule has 0 spiro atoms. The third kappa shape index (κ3) is 6.90. The molecule has 0 fully saturated rings. The monoisotopic (exact) mass is 864 g/mol. The van der Waals surface area contributed by atoms with Crippen LogP contribution in [0.25, 0.3) is 104 Å². The van der Waals surface area contributed by atoms with Crippen LogP contribution >= 0.6 is 0 Å². The van der Waals surface area contributed by atoms with Crippen molar-refractivity contribution in [2.45, 2.75) is 0 Å². The summed E-state index contributed by atoms with van der Waals surface area (Å²) in [5, 5.41) is 9.89. The van der Waals surface area contributed by atoms with Crippen LogP contribution in [0.3, 0.4) is 0 Å². The summed E-state index contributed by atoms with van der Waals surface area (Å²) in [6.07, 6.45) is 0. The Balaban J connectivity index is 1.03. The van der Waals surface area contributed by atoms with Gasteiger partial charge in [-0.2, -0.15) is 0 Å². The van der Waals surface area contributed by atoms with Crippen molar-refractivity contribution in [2.75, 3.05) is 4.90 Å². The molecule has 13 rings (SSSR count). The summed E-state index contributed by atoms with van der Waals surface area (Å²) in [7, 11) is 0. The van der Waals surface area contributed by atoms with E-state index in [-0.39, 0.29) is 0 Å². The summed E-state index contributed by atoms with van der Waals surface area (Å²) in [6, 6.07) is 97.7. The maximum absolute atomic E-state index is 2.46. The molecule has 0 unspecified atom stereocenters. The highest BCUT2D eigenvalue weighted by molar-refractivity contribution is 6.18. The second-order valence-electron chi connectivity index (χ2n) is 17.7. The molecule has 13 aromatic rings. The van der Waals surface area contributed by atoms with Crippen LogP contribution in [0.1, 0.15) is 0 Å². The molecule has 318 valence electrons. The maximum Gasteiger partial charge on any atom is 0.0553 e. The summed E-state index contributed by atoms with van der Waals surface area (Å²) in [6.45, 7) is 0. The van der Waals surface area contributed by atoms with Crippen molar-refractivity contribution in [3.05, 3.63) is 267 Å². The molecule has 0 aliphatic carbocycles. The number of benzene rings is 12. The number of anilines is 3. The van der Waals surface area contributed by atoms with Gasteiger partial charge in [0, 0.05) is 33.5 Å². The van der Waals surface area contributed by atoms with Gasteiger partial charge in [0.2, 0.25) is 0 Å². The zero-order chi connectivity index (χ0) is 45.0. The van der Waals surface area contributed by atoms with Crippen molar-refractivity contribution in [1.82, 2.24) is 4.57 Å². The number of nitrogens with zero attached hydrogens (tertiary/aromatic N) is 2. The Bertz CT molecular complexity index is 4000. The molecule has 2 heteroatoms. The first kappa shape index (κ1) is 39.4. The smallest absolute Gasteiger partial charge is 0.0553 e. The molecular formula is C66H44N2. The minimum Gasteiger partial charge on any atom is -0.310 e. The number of para-hydroxylation sites is 1. The van der Waals surface area contributed by atoms with Crippen molar-refractivity contribution in [3.63, 3.8) is 0 Å². The van der Waals surface area contributed by atoms with Gasteiger partial charge in [-0.15, -0.1) is 0 Å². The van der Waals surface area contributed by atoms with Crippen LogP contribution in [0.2, 0.25) is 0 Å². The number of hydrogen-bond acceptors (Lipinski definition) is 1. The van der Waals surface area contributed by atoms with Gasteiger partial charge in [0.05, 0.1) is 11.0 Å². The highest BCUT2D eigenvalue weighted by Gasteiger charge is 2.21. The SMILES string of the molecule is c1ccc(-c2ccc3c4c(-c5cccc(N(c6ccc(-c7ccc8ccccc8c7)cc6)c6ccc7c(ccc8ccccc87)c6)c5)cc(-c5ccccc5)cc4n(-c4ccccc4)c3c2)cc1. The summed E-state index contributed by atoms with van der Waals surface area (Å²) >= 11 is 0. The second kappa shape index (κ2) is 16.5. The Labute approximate surface area is 395 Å². The Morgan fingerprint density at radius 3 is 1.57 bits per heavy atom. The van der Waals surface area contributed by atoms with Gasteiger partial charge in [-0.3, -0.25) is 0 Å². The first-order chi connectivity index (χ1) is 33.7. The van der Waals surface area contributed by atoms with E-state index in [4.69, 9.17) is 0 Å². The molecule has 0 atom stereocenters. The highest BCUT2D eigenvalue weighted by atomic mass is 15.1. The minimum absolute atomic E-state index is 1.08. The Kier molecular flexibility index (Phi) is 9.54. The molecule has 0 radical (unpaired) electrons.